The van der Waals surface area contributed by atoms with Crippen LogP contribution in [0.15, 0.2) is 29.3 Å². The number of amides is 2. The van der Waals surface area contributed by atoms with Crippen molar-refractivity contribution in [3.05, 3.63) is 35.4 Å². The minimum atomic E-state index is -4.44. The van der Waals surface area contributed by atoms with E-state index in [1.807, 2.05) is 6.92 Å². The van der Waals surface area contributed by atoms with E-state index in [9.17, 15) is 22.8 Å². The molecule has 0 aliphatic carbocycles. The number of nitrogens with zero attached hydrogens (tertiary/aromatic N) is 1. The van der Waals surface area contributed by atoms with Crippen molar-refractivity contribution < 1.29 is 27.5 Å². The molecule has 8 nitrogen and oxygen atoms in total. The summed E-state index contributed by atoms with van der Waals surface area (Å²) in [6.07, 6.45) is -4.95. The first kappa shape index (κ1) is 26.1. The van der Waals surface area contributed by atoms with Crippen LogP contribution >= 0.6 is 0 Å². The lowest BCUT2D eigenvalue weighted by molar-refractivity contribution is -0.137. The molecule has 1 aromatic rings. The van der Waals surface area contributed by atoms with E-state index in [-0.39, 0.29) is 18.7 Å². The lowest BCUT2D eigenvalue weighted by atomic mass is 10.1. The summed E-state index contributed by atoms with van der Waals surface area (Å²) >= 11 is 0. The number of carbonyl (C=O) groups is 2. The van der Waals surface area contributed by atoms with Crippen molar-refractivity contribution in [1.82, 2.24) is 21.3 Å². The van der Waals surface area contributed by atoms with Gasteiger partial charge in [-0.15, -0.1) is 0 Å². The number of hydrogen-bond acceptors (Lipinski definition) is 4. The molecular weight excluding hydrogens is 415 g/mol. The summed E-state index contributed by atoms with van der Waals surface area (Å²) in [5.41, 5.74) is -1.25. The van der Waals surface area contributed by atoms with Crippen LogP contribution in [0.2, 0.25) is 0 Å². The van der Waals surface area contributed by atoms with Crippen LogP contribution in [0.5, 0.6) is 0 Å². The Balaban J connectivity index is 2.39. The van der Waals surface area contributed by atoms with Gasteiger partial charge in [0, 0.05) is 31.7 Å². The van der Waals surface area contributed by atoms with Gasteiger partial charge in [0.2, 0.25) is 0 Å². The second-order valence-corrected chi connectivity index (χ2v) is 7.45. The Bertz CT molecular complexity index is 744. The molecule has 4 N–H and O–H groups in total. The number of guanidine groups is 1. The highest BCUT2D eigenvalue weighted by Crippen LogP contribution is 2.29. The van der Waals surface area contributed by atoms with Crippen molar-refractivity contribution in [2.75, 3.05) is 32.7 Å². The predicted octanol–water partition coefficient (Wildman–Crippen LogP) is 2.52. The number of halogens is 3. The smallest absolute Gasteiger partial charge is 0.416 e. The number of nitrogens with one attached hydrogen (secondary N) is 4. The van der Waals surface area contributed by atoms with Crippen LogP contribution < -0.4 is 21.3 Å². The van der Waals surface area contributed by atoms with Gasteiger partial charge in [-0.2, -0.15) is 13.2 Å². The summed E-state index contributed by atoms with van der Waals surface area (Å²) in [6.45, 7) is 9.01. The third-order valence-corrected chi connectivity index (χ3v) is 3.57. The number of carbonyl (C=O) groups excluding carboxylic acids is 2. The summed E-state index contributed by atoms with van der Waals surface area (Å²) in [5.74, 6) is 0.0145. The minimum absolute atomic E-state index is 0.134. The molecule has 0 bridgehead atoms. The second kappa shape index (κ2) is 12.0. The molecule has 0 radical (unpaired) electrons. The SMILES string of the molecule is CCNC(=NCCNC(=O)c1ccc(C(F)(F)F)cc1)NCCNC(=O)OC(C)(C)C. The van der Waals surface area contributed by atoms with E-state index in [0.717, 1.165) is 24.3 Å². The average Bonchev–Trinajstić information content (AvgIpc) is 2.66. The largest absolute Gasteiger partial charge is 0.444 e. The van der Waals surface area contributed by atoms with Gasteiger partial charge >= 0.3 is 12.3 Å². The molecule has 174 valence electrons. The van der Waals surface area contributed by atoms with Crippen molar-refractivity contribution in [1.29, 1.82) is 0 Å². The zero-order chi connectivity index (χ0) is 23.5. The van der Waals surface area contributed by atoms with Crippen LogP contribution in [0.4, 0.5) is 18.0 Å². The molecule has 0 heterocycles. The Kier molecular flexibility index (Phi) is 10.1. The number of alkyl halides is 3. The maximum atomic E-state index is 12.6. The topological polar surface area (TPSA) is 104 Å². The number of aliphatic imine (C=N–C) groups is 1. The first-order valence-electron chi connectivity index (χ1n) is 9.87. The molecule has 11 heteroatoms. The van der Waals surface area contributed by atoms with Crippen molar-refractivity contribution in [2.24, 2.45) is 4.99 Å². The molecule has 0 atom stereocenters. The lowest BCUT2D eigenvalue weighted by Gasteiger charge is -2.19. The van der Waals surface area contributed by atoms with Gasteiger partial charge in [0.1, 0.15) is 5.60 Å². The van der Waals surface area contributed by atoms with Gasteiger partial charge in [-0.25, -0.2) is 4.79 Å². The van der Waals surface area contributed by atoms with E-state index in [1.165, 1.54) is 0 Å². The second-order valence-electron chi connectivity index (χ2n) is 7.45. The Morgan fingerprint density at radius 3 is 2.10 bits per heavy atom. The van der Waals surface area contributed by atoms with Crippen LogP contribution in [-0.2, 0) is 10.9 Å². The first-order chi connectivity index (χ1) is 14.4. The summed E-state index contributed by atoms with van der Waals surface area (Å²) in [6, 6.07) is 3.99. The standard InChI is InChI=1S/C20H30F3N5O3/c1-5-24-17(27-12-13-28-18(30)31-19(2,3)4)26-11-10-25-16(29)14-6-8-15(9-7-14)20(21,22)23/h6-9H,5,10-13H2,1-4H3,(H,25,29)(H,28,30)(H2,24,26,27). The molecule has 0 aromatic heterocycles. The van der Waals surface area contributed by atoms with Crippen molar-refractivity contribution in [3.8, 4) is 0 Å². The highest BCUT2D eigenvalue weighted by atomic mass is 19.4. The third kappa shape index (κ3) is 11.1. The monoisotopic (exact) mass is 445 g/mol. The highest BCUT2D eigenvalue weighted by molar-refractivity contribution is 5.94. The molecule has 2 amide bonds. The Morgan fingerprint density at radius 1 is 0.935 bits per heavy atom. The van der Waals surface area contributed by atoms with Crippen molar-refractivity contribution in [3.63, 3.8) is 0 Å². The van der Waals surface area contributed by atoms with E-state index in [1.54, 1.807) is 20.8 Å². The van der Waals surface area contributed by atoms with Crippen LogP contribution in [0.3, 0.4) is 0 Å². The van der Waals surface area contributed by atoms with Gasteiger partial charge in [-0.3, -0.25) is 9.79 Å². The number of alkyl carbamates (subject to hydrolysis) is 1. The summed E-state index contributed by atoms with van der Waals surface area (Å²) in [7, 11) is 0. The van der Waals surface area contributed by atoms with E-state index < -0.39 is 29.3 Å². The number of benzene rings is 1. The molecule has 31 heavy (non-hydrogen) atoms. The Morgan fingerprint density at radius 2 is 1.55 bits per heavy atom. The summed E-state index contributed by atoms with van der Waals surface area (Å²) < 4.78 is 42.8. The lowest BCUT2D eigenvalue weighted by Crippen LogP contribution is -2.42. The normalized spacial score (nSPS) is 12.2. The van der Waals surface area contributed by atoms with Gasteiger partial charge in [0.25, 0.3) is 5.91 Å². The van der Waals surface area contributed by atoms with E-state index in [2.05, 4.69) is 26.3 Å². The van der Waals surface area contributed by atoms with Gasteiger partial charge in [0.15, 0.2) is 5.96 Å². The number of rotatable bonds is 8. The molecule has 0 fully saturated rings. The quantitative estimate of drug-likeness (QED) is 0.280. The van der Waals surface area contributed by atoms with Crippen molar-refractivity contribution >= 4 is 18.0 Å². The maximum Gasteiger partial charge on any atom is 0.416 e. The van der Waals surface area contributed by atoms with Crippen LogP contribution in [0, 0.1) is 0 Å². The average molecular weight is 445 g/mol. The van der Waals surface area contributed by atoms with E-state index in [4.69, 9.17) is 4.74 Å². The molecule has 0 aliphatic rings. The zero-order valence-electron chi connectivity index (χ0n) is 18.2. The highest BCUT2D eigenvalue weighted by Gasteiger charge is 2.30. The van der Waals surface area contributed by atoms with Crippen LogP contribution in [0.1, 0.15) is 43.6 Å². The fourth-order valence-electron chi connectivity index (χ4n) is 2.25. The molecule has 1 aromatic carbocycles. The maximum absolute atomic E-state index is 12.6. The Labute approximate surface area is 180 Å². The third-order valence-electron chi connectivity index (χ3n) is 3.57. The fraction of sp³-hybridized carbons (Fsp3) is 0.550. The molecule has 0 aliphatic heterocycles. The van der Waals surface area contributed by atoms with Crippen LogP contribution in [0.25, 0.3) is 0 Å². The summed E-state index contributed by atoms with van der Waals surface area (Å²) in [4.78, 5) is 27.9. The minimum Gasteiger partial charge on any atom is -0.444 e. The number of ether oxygens (including phenoxy) is 1. The first-order valence-corrected chi connectivity index (χ1v) is 9.87. The van der Waals surface area contributed by atoms with Gasteiger partial charge in [-0.1, -0.05) is 0 Å². The predicted molar refractivity (Wildman–Crippen MR) is 112 cm³/mol. The van der Waals surface area contributed by atoms with Gasteiger partial charge < -0.3 is 26.0 Å². The molecule has 0 saturated carbocycles. The zero-order valence-corrected chi connectivity index (χ0v) is 18.2. The molecule has 0 saturated heterocycles. The number of hydrogen-bond donors (Lipinski definition) is 4. The molecule has 0 unspecified atom stereocenters. The van der Waals surface area contributed by atoms with E-state index in [0.29, 0.717) is 25.6 Å². The molecule has 0 spiro atoms. The van der Waals surface area contributed by atoms with Gasteiger partial charge in [0.05, 0.1) is 12.1 Å². The van der Waals surface area contributed by atoms with Gasteiger partial charge in [-0.05, 0) is 52.0 Å². The van der Waals surface area contributed by atoms with Crippen LogP contribution in [-0.4, -0.2) is 56.3 Å². The fourth-order valence-corrected chi connectivity index (χ4v) is 2.25. The molecular formula is C20H30F3N5O3. The van der Waals surface area contributed by atoms with Crippen molar-refractivity contribution in [2.45, 2.75) is 39.5 Å². The Hall–Kier alpha value is -2.98. The summed E-state index contributed by atoms with van der Waals surface area (Å²) in [5, 5.41) is 11.3. The molecule has 1 rings (SSSR count). The van der Waals surface area contributed by atoms with E-state index >= 15 is 0 Å².